The summed E-state index contributed by atoms with van der Waals surface area (Å²) in [5, 5.41) is 3.88. The monoisotopic (exact) mass is 407 g/mol. The first kappa shape index (κ1) is 21.1. The standard InChI is InChI=1S/C25H26ClNO2/c1-15-6-5-7-20(11-15)27-23-14-19(26)13-22(18(23)4)24(28)9-8-21-17(3)10-16(2)12-25(21)29/h5-7,10-14,21,27H,8-9H2,1-4H3. The van der Waals surface area contributed by atoms with E-state index in [2.05, 4.69) is 5.32 Å². The lowest BCUT2D eigenvalue weighted by Gasteiger charge is -2.19. The van der Waals surface area contributed by atoms with Crippen molar-refractivity contribution in [2.75, 3.05) is 5.32 Å². The topological polar surface area (TPSA) is 46.2 Å². The van der Waals surface area contributed by atoms with E-state index in [0.717, 1.165) is 33.6 Å². The Morgan fingerprint density at radius 2 is 1.83 bits per heavy atom. The van der Waals surface area contributed by atoms with Gasteiger partial charge in [0.2, 0.25) is 0 Å². The van der Waals surface area contributed by atoms with E-state index in [1.807, 2.05) is 64.1 Å². The molecule has 0 amide bonds. The van der Waals surface area contributed by atoms with E-state index >= 15 is 0 Å². The second-order valence-electron chi connectivity index (χ2n) is 7.81. The minimum absolute atomic E-state index is 0.00386. The summed E-state index contributed by atoms with van der Waals surface area (Å²) < 4.78 is 0. The van der Waals surface area contributed by atoms with E-state index in [1.54, 1.807) is 12.1 Å². The number of allylic oxidation sites excluding steroid dienone is 4. The Bertz CT molecular complexity index is 1030. The van der Waals surface area contributed by atoms with Crippen LogP contribution in [-0.2, 0) is 4.79 Å². The van der Waals surface area contributed by atoms with Crippen LogP contribution in [0.25, 0.3) is 0 Å². The highest BCUT2D eigenvalue weighted by Gasteiger charge is 2.23. The van der Waals surface area contributed by atoms with Crippen LogP contribution in [0, 0.1) is 19.8 Å². The van der Waals surface area contributed by atoms with Crippen LogP contribution in [0.1, 0.15) is 48.2 Å². The van der Waals surface area contributed by atoms with Crippen molar-refractivity contribution in [3.63, 3.8) is 0 Å². The maximum Gasteiger partial charge on any atom is 0.163 e. The summed E-state index contributed by atoms with van der Waals surface area (Å²) in [5.74, 6) is -0.129. The average Bonchev–Trinajstić information content (AvgIpc) is 2.63. The summed E-state index contributed by atoms with van der Waals surface area (Å²) in [6, 6.07) is 11.6. The summed E-state index contributed by atoms with van der Waals surface area (Å²) in [4.78, 5) is 25.3. The normalized spacial score (nSPS) is 16.3. The number of nitrogens with one attached hydrogen (secondary N) is 1. The zero-order valence-electron chi connectivity index (χ0n) is 17.3. The number of rotatable bonds is 6. The molecule has 1 atom stereocenters. The van der Waals surface area contributed by atoms with Gasteiger partial charge in [-0.25, -0.2) is 0 Å². The number of hydrogen-bond acceptors (Lipinski definition) is 3. The molecule has 2 aromatic rings. The van der Waals surface area contributed by atoms with Crippen LogP contribution in [0.15, 0.2) is 59.7 Å². The van der Waals surface area contributed by atoms with Gasteiger partial charge < -0.3 is 5.32 Å². The summed E-state index contributed by atoms with van der Waals surface area (Å²) in [6.45, 7) is 7.83. The lowest BCUT2D eigenvalue weighted by atomic mass is 9.84. The van der Waals surface area contributed by atoms with Gasteiger partial charge in [0.15, 0.2) is 11.6 Å². The number of Topliss-reactive ketones (excluding diaryl/α,β-unsaturated/α-hetero) is 1. The molecule has 1 aliphatic carbocycles. The van der Waals surface area contributed by atoms with E-state index in [0.29, 0.717) is 23.4 Å². The first-order valence-corrected chi connectivity index (χ1v) is 10.2. The van der Waals surface area contributed by atoms with Gasteiger partial charge in [-0.3, -0.25) is 9.59 Å². The quantitative estimate of drug-likeness (QED) is 0.538. The maximum atomic E-state index is 13.0. The van der Waals surface area contributed by atoms with Crippen molar-refractivity contribution < 1.29 is 9.59 Å². The summed E-state index contributed by atoms with van der Waals surface area (Å²) in [6.07, 6.45) is 4.50. The van der Waals surface area contributed by atoms with Gasteiger partial charge in [0.25, 0.3) is 0 Å². The van der Waals surface area contributed by atoms with E-state index in [1.165, 1.54) is 0 Å². The third kappa shape index (κ3) is 5.04. The molecule has 0 saturated heterocycles. The van der Waals surface area contributed by atoms with Crippen molar-refractivity contribution in [1.82, 2.24) is 0 Å². The molecule has 3 nitrogen and oxygen atoms in total. The van der Waals surface area contributed by atoms with Crippen molar-refractivity contribution in [3.05, 3.63) is 81.4 Å². The lowest BCUT2D eigenvalue weighted by molar-refractivity contribution is -0.117. The molecule has 3 rings (SSSR count). The smallest absolute Gasteiger partial charge is 0.163 e. The Morgan fingerprint density at radius 3 is 2.52 bits per heavy atom. The average molecular weight is 408 g/mol. The minimum atomic E-state index is -0.216. The SMILES string of the molecule is CC1=CC(=O)C(CCC(=O)c2cc(Cl)cc(Nc3cccc(C)c3)c2C)C(C)=C1. The molecule has 0 aliphatic heterocycles. The van der Waals surface area contributed by atoms with Crippen molar-refractivity contribution >= 4 is 34.5 Å². The molecule has 1 N–H and O–H groups in total. The second-order valence-corrected chi connectivity index (χ2v) is 8.25. The maximum absolute atomic E-state index is 13.0. The molecule has 4 heteroatoms. The van der Waals surface area contributed by atoms with E-state index in [-0.39, 0.29) is 17.5 Å². The lowest BCUT2D eigenvalue weighted by Crippen LogP contribution is -2.18. The number of hydrogen-bond donors (Lipinski definition) is 1. The van der Waals surface area contributed by atoms with Gasteiger partial charge in [-0.2, -0.15) is 0 Å². The fraction of sp³-hybridized carbons (Fsp3) is 0.280. The van der Waals surface area contributed by atoms with Crippen LogP contribution in [0.3, 0.4) is 0 Å². The van der Waals surface area contributed by atoms with Crippen LogP contribution in [-0.4, -0.2) is 11.6 Å². The molecule has 0 heterocycles. The molecule has 2 aromatic carbocycles. The highest BCUT2D eigenvalue weighted by atomic mass is 35.5. The molecule has 29 heavy (non-hydrogen) atoms. The van der Waals surface area contributed by atoms with Crippen molar-refractivity contribution in [3.8, 4) is 0 Å². The van der Waals surface area contributed by atoms with Gasteiger partial charge in [0.1, 0.15) is 0 Å². The number of aryl methyl sites for hydroxylation is 1. The molecule has 0 bridgehead atoms. The number of anilines is 2. The van der Waals surface area contributed by atoms with Crippen LogP contribution >= 0.6 is 11.6 Å². The van der Waals surface area contributed by atoms with Crippen LogP contribution in [0.2, 0.25) is 5.02 Å². The Morgan fingerprint density at radius 1 is 1.07 bits per heavy atom. The molecule has 0 spiro atoms. The Hall–Kier alpha value is -2.65. The van der Waals surface area contributed by atoms with Crippen molar-refractivity contribution in [1.29, 1.82) is 0 Å². The second kappa shape index (κ2) is 8.79. The Labute approximate surface area is 177 Å². The highest BCUT2D eigenvalue weighted by molar-refractivity contribution is 6.31. The van der Waals surface area contributed by atoms with Crippen LogP contribution in [0.5, 0.6) is 0 Å². The zero-order chi connectivity index (χ0) is 21.1. The third-order valence-corrected chi connectivity index (χ3v) is 5.57. The number of benzene rings is 2. The van der Waals surface area contributed by atoms with Crippen LogP contribution < -0.4 is 5.32 Å². The zero-order valence-corrected chi connectivity index (χ0v) is 18.1. The predicted octanol–water partition coefficient (Wildman–Crippen LogP) is 6.75. The Balaban J connectivity index is 1.78. The van der Waals surface area contributed by atoms with Crippen LogP contribution in [0.4, 0.5) is 11.4 Å². The van der Waals surface area contributed by atoms with Gasteiger partial charge in [-0.1, -0.05) is 35.4 Å². The van der Waals surface area contributed by atoms with Gasteiger partial charge in [-0.05, 0) is 81.2 Å². The predicted molar refractivity (Wildman–Crippen MR) is 120 cm³/mol. The first-order chi connectivity index (χ1) is 13.7. The molecule has 0 radical (unpaired) electrons. The van der Waals surface area contributed by atoms with Crippen molar-refractivity contribution in [2.24, 2.45) is 5.92 Å². The molecule has 0 saturated carbocycles. The fourth-order valence-corrected chi connectivity index (χ4v) is 4.03. The van der Waals surface area contributed by atoms with E-state index in [4.69, 9.17) is 11.6 Å². The minimum Gasteiger partial charge on any atom is -0.355 e. The molecular formula is C25H26ClNO2. The molecule has 0 fully saturated rings. The molecule has 1 aliphatic rings. The molecular weight excluding hydrogens is 382 g/mol. The van der Waals surface area contributed by atoms with Crippen molar-refractivity contribution in [2.45, 2.75) is 40.5 Å². The number of carbonyl (C=O) groups is 2. The van der Waals surface area contributed by atoms with Gasteiger partial charge >= 0.3 is 0 Å². The van der Waals surface area contributed by atoms with Gasteiger partial charge in [0, 0.05) is 34.3 Å². The molecule has 0 aromatic heterocycles. The van der Waals surface area contributed by atoms with E-state index < -0.39 is 0 Å². The number of carbonyl (C=O) groups excluding carboxylic acids is 2. The third-order valence-electron chi connectivity index (χ3n) is 5.35. The summed E-state index contributed by atoms with van der Waals surface area (Å²) in [7, 11) is 0. The number of ketones is 2. The summed E-state index contributed by atoms with van der Waals surface area (Å²) >= 11 is 6.31. The summed E-state index contributed by atoms with van der Waals surface area (Å²) in [5.41, 5.74) is 6.36. The fourth-order valence-electron chi connectivity index (χ4n) is 3.81. The molecule has 150 valence electrons. The molecule has 1 unspecified atom stereocenters. The van der Waals surface area contributed by atoms with E-state index in [9.17, 15) is 9.59 Å². The first-order valence-electron chi connectivity index (χ1n) is 9.82. The number of halogens is 1. The van der Waals surface area contributed by atoms with Gasteiger partial charge in [-0.15, -0.1) is 0 Å². The Kier molecular flexibility index (Phi) is 6.39. The largest absolute Gasteiger partial charge is 0.355 e. The highest BCUT2D eigenvalue weighted by Crippen LogP contribution is 2.30. The van der Waals surface area contributed by atoms with Gasteiger partial charge in [0.05, 0.1) is 0 Å².